The van der Waals surface area contributed by atoms with Crippen LogP contribution >= 0.6 is 23.2 Å². The van der Waals surface area contributed by atoms with E-state index in [0.29, 0.717) is 63.8 Å². The number of nitrogens with zero attached hydrogens (tertiary/aromatic N) is 2. The number of aryl methyl sites for hydroxylation is 1. The fraction of sp³-hybridized carbons (Fsp3) is 0.333. The van der Waals surface area contributed by atoms with Crippen LogP contribution in [0, 0.1) is 5.82 Å². The highest BCUT2D eigenvalue weighted by Crippen LogP contribution is 2.42. The van der Waals surface area contributed by atoms with E-state index in [1.807, 2.05) is 0 Å². The average molecular weight is 724 g/mol. The number of nitrogens with one attached hydrogen (secondary N) is 4. The van der Waals surface area contributed by atoms with E-state index in [2.05, 4.69) is 26.4 Å². The number of esters is 1. The number of hydrogen-bond acceptors (Lipinski definition) is 8. The summed E-state index contributed by atoms with van der Waals surface area (Å²) in [6.07, 6.45) is 2.87. The number of ether oxygens (including phenoxy) is 2. The van der Waals surface area contributed by atoms with Crippen molar-refractivity contribution < 1.29 is 28.2 Å². The number of anilines is 1. The number of carbonyl (C=O) groups excluding carboxylic acids is 3. The molecule has 6 rings (SSSR count). The molecule has 0 bridgehead atoms. The fourth-order valence-corrected chi connectivity index (χ4v) is 7.00. The van der Waals surface area contributed by atoms with Gasteiger partial charge in [-0.3, -0.25) is 24.4 Å². The molecule has 0 radical (unpaired) electrons. The third-order valence-electron chi connectivity index (χ3n) is 8.98. The summed E-state index contributed by atoms with van der Waals surface area (Å²) < 4.78 is 27.6. The van der Waals surface area contributed by atoms with Crippen molar-refractivity contribution >= 4 is 46.7 Å². The molecule has 11 nitrogen and oxygen atoms in total. The molecule has 4 aromatic rings. The standard InChI is InChI=1S/C36H37Cl2FN6O5/c1-49-31-15-20(14-26(39)25(31)18-40-17-21-11-12-32(46)42-21)22-6-3-7-23(34(22)37)24-8-4-9-28(35(24)38)43-36(48)29-16-30-27(41-19-33(47)50-2)10-5-13-45(30)44-29/h3-4,6-9,14-16,21,27,40-41H,5,10-13,17-19H2,1-2H3,(H,42,46)(H,43,48)/t21-,27?/m0/s1. The Morgan fingerprint density at radius 1 is 1.04 bits per heavy atom. The van der Waals surface area contributed by atoms with Crippen LogP contribution in [-0.4, -0.2) is 60.9 Å². The number of rotatable bonds is 12. The van der Waals surface area contributed by atoms with Gasteiger partial charge in [0, 0.05) is 60.4 Å². The van der Waals surface area contributed by atoms with Gasteiger partial charge in [-0.1, -0.05) is 53.5 Å². The molecule has 3 heterocycles. The lowest BCUT2D eigenvalue weighted by Gasteiger charge is -2.24. The van der Waals surface area contributed by atoms with Gasteiger partial charge in [0.05, 0.1) is 42.2 Å². The summed E-state index contributed by atoms with van der Waals surface area (Å²) in [5, 5.41) is 17.3. The maximum absolute atomic E-state index is 15.5. The monoisotopic (exact) mass is 722 g/mol. The second-order valence-electron chi connectivity index (χ2n) is 12.2. The van der Waals surface area contributed by atoms with E-state index >= 15 is 4.39 Å². The number of halogens is 3. The van der Waals surface area contributed by atoms with Crippen LogP contribution in [0.4, 0.5) is 10.1 Å². The molecule has 0 spiro atoms. The zero-order chi connectivity index (χ0) is 35.4. The van der Waals surface area contributed by atoms with Crippen molar-refractivity contribution in [2.24, 2.45) is 0 Å². The first kappa shape index (κ1) is 35.3. The summed E-state index contributed by atoms with van der Waals surface area (Å²) in [6, 6.07) is 15.4. The Morgan fingerprint density at radius 2 is 1.80 bits per heavy atom. The Labute approximate surface area is 298 Å². The number of aromatic nitrogens is 2. The lowest BCUT2D eigenvalue weighted by molar-refractivity contribution is -0.139. The van der Waals surface area contributed by atoms with Crippen molar-refractivity contribution in [1.29, 1.82) is 0 Å². The number of carbonyl (C=O) groups is 3. The molecular weight excluding hydrogens is 686 g/mol. The SMILES string of the molecule is COC(=O)CNC1CCCn2nc(C(=O)Nc3cccc(-c4cccc(-c5cc(F)c(CNC[C@@H]6CCC(=O)N6)c(OC)c5)c4Cl)c3Cl)cc21. The molecule has 0 aliphatic carbocycles. The van der Waals surface area contributed by atoms with Crippen LogP contribution in [0.25, 0.3) is 22.3 Å². The maximum atomic E-state index is 15.5. The minimum atomic E-state index is -0.460. The molecule has 262 valence electrons. The molecular formula is C36H37Cl2FN6O5. The molecule has 0 saturated carbocycles. The topological polar surface area (TPSA) is 136 Å². The van der Waals surface area contributed by atoms with Gasteiger partial charge in [0.15, 0.2) is 5.69 Å². The smallest absolute Gasteiger partial charge is 0.319 e. The van der Waals surface area contributed by atoms with Gasteiger partial charge in [-0.05, 0) is 49.1 Å². The molecule has 3 aromatic carbocycles. The maximum Gasteiger partial charge on any atom is 0.319 e. The predicted octanol–water partition coefficient (Wildman–Crippen LogP) is 5.89. The largest absolute Gasteiger partial charge is 0.496 e. The van der Waals surface area contributed by atoms with Crippen LogP contribution in [0.1, 0.15) is 53.5 Å². The van der Waals surface area contributed by atoms with E-state index in [9.17, 15) is 14.4 Å². The minimum absolute atomic E-state index is 0.0165. The quantitative estimate of drug-likeness (QED) is 0.133. The first-order valence-corrected chi connectivity index (χ1v) is 17.1. The highest BCUT2D eigenvalue weighted by Gasteiger charge is 2.26. The highest BCUT2D eigenvalue weighted by atomic mass is 35.5. The molecule has 1 unspecified atom stereocenters. The molecule has 1 aromatic heterocycles. The molecule has 2 aliphatic rings. The molecule has 1 fully saturated rings. The Kier molecular flexibility index (Phi) is 11.0. The molecule has 2 atom stereocenters. The van der Waals surface area contributed by atoms with Gasteiger partial charge < -0.3 is 25.4 Å². The van der Waals surface area contributed by atoms with Crippen molar-refractivity contribution in [2.45, 2.75) is 50.9 Å². The van der Waals surface area contributed by atoms with E-state index in [4.69, 9.17) is 32.7 Å². The Balaban J connectivity index is 1.20. The number of amides is 2. The van der Waals surface area contributed by atoms with Crippen LogP contribution in [-0.2, 0) is 27.4 Å². The van der Waals surface area contributed by atoms with Gasteiger partial charge in [0.2, 0.25) is 5.91 Å². The number of hydrogen-bond donors (Lipinski definition) is 4. The van der Waals surface area contributed by atoms with Gasteiger partial charge in [-0.15, -0.1) is 0 Å². The first-order valence-electron chi connectivity index (χ1n) is 16.3. The molecule has 1 saturated heterocycles. The molecule has 14 heteroatoms. The van der Waals surface area contributed by atoms with Crippen molar-refractivity contribution in [3.05, 3.63) is 87.4 Å². The zero-order valence-corrected chi connectivity index (χ0v) is 29.1. The summed E-state index contributed by atoms with van der Waals surface area (Å²) in [4.78, 5) is 36.5. The van der Waals surface area contributed by atoms with Crippen molar-refractivity contribution in [3.63, 3.8) is 0 Å². The normalized spacial score (nSPS) is 16.9. The van der Waals surface area contributed by atoms with Crippen LogP contribution in [0.2, 0.25) is 10.0 Å². The summed E-state index contributed by atoms with van der Waals surface area (Å²) >= 11 is 13.9. The lowest BCUT2D eigenvalue weighted by Crippen LogP contribution is -2.35. The summed E-state index contributed by atoms with van der Waals surface area (Å²) in [5.41, 5.74) is 4.00. The first-order chi connectivity index (χ1) is 24.2. The second-order valence-corrected chi connectivity index (χ2v) is 12.9. The number of benzene rings is 3. The molecule has 4 N–H and O–H groups in total. The van der Waals surface area contributed by atoms with Gasteiger partial charge in [0.25, 0.3) is 5.91 Å². The van der Waals surface area contributed by atoms with E-state index in [1.165, 1.54) is 20.3 Å². The van der Waals surface area contributed by atoms with Crippen molar-refractivity contribution in [3.8, 4) is 28.0 Å². The van der Waals surface area contributed by atoms with Crippen molar-refractivity contribution in [2.75, 3.05) is 32.6 Å². The van der Waals surface area contributed by atoms with Crippen LogP contribution in [0.5, 0.6) is 5.75 Å². The average Bonchev–Trinajstić information content (AvgIpc) is 3.75. The summed E-state index contributed by atoms with van der Waals surface area (Å²) in [6.45, 7) is 1.44. The van der Waals surface area contributed by atoms with Crippen LogP contribution in [0.15, 0.2) is 54.6 Å². The Morgan fingerprint density at radius 3 is 2.54 bits per heavy atom. The van der Waals surface area contributed by atoms with Gasteiger partial charge in [-0.2, -0.15) is 5.10 Å². The third kappa shape index (κ3) is 7.63. The van der Waals surface area contributed by atoms with Gasteiger partial charge >= 0.3 is 5.97 Å². The van der Waals surface area contributed by atoms with E-state index < -0.39 is 11.7 Å². The van der Waals surface area contributed by atoms with Crippen LogP contribution < -0.4 is 26.0 Å². The fourth-order valence-electron chi connectivity index (χ4n) is 6.39. The minimum Gasteiger partial charge on any atom is -0.496 e. The van der Waals surface area contributed by atoms with Crippen LogP contribution in [0.3, 0.4) is 0 Å². The number of fused-ring (bicyclic) bond motifs is 1. The summed E-state index contributed by atoms with van der Waals surface area (Å²) in [7, 11) is 2.82. The Hall–Kier alpha value is -4.49. The second kappa shape index (κ2) is 15.6. The highest BCUT2D eigenvalue weighted by molar-refractivity contribution is 6.39. The van der Waals surface area contributed by atoms with E-state index in [-0.39, 0.29) is 47.8 Å². The van der Waals surface area contributed by atoms with Gasteiger partial charge in [0.1, 0.15) is 11.6 Å². The third-order valence-corrected chi connectivity index (χ3v) is 9.80. The molecule has 50 heavy (non-hydrogen) atoms. The molecule has 2 aliphatic heterocycles. The number of methoxy groups -OCH3 is 2. The zero-order valence-electron chi connectivity index (χ0n) is 27.6. The Bertz CT molecular complexity index is 1940. The van der Waals surface area contributed by atoms with Crippen molar-refractivity contribution in [1.82, 2.24) is 25.7 Å². The summed E-state index contributed by atoms with van der Waals surface area (Å²) in [5.74, 6) is -0.892. The predicted molar refractivity (Wildman–Crippen MR) is 189 cm³/mol. The van der Waals surface area contributed by atoms with Gasteiger partial charge in [-0.25, -0.2) is 4.39 Å². The van der Waals surface area contributed by atoms with E-state index in [0.717, 1.165) is 25.0 Å². The molecule has 2 amide bonds. The lowest BCUT2D eigenvalue weighted by atomic mass is 9.97. The van der Waals surface area contributed by atoms with E-state index in [1.54, 1.807) is 53.2 Å².